The van der Waals surface area contributed by atoms with Gasteiger partial charge in [0.25, 0.3) is 5.56 Å². The summed E-state index contributed by atoms with van der Waals surface area (Å²) in [5, 5.41) is 0.483. The molecule has 0 atom stereocenters. The second-order valence-electron chi connectivity index (χ2n) is 3.42. The molecule has 2 aromatic rings. The van der Waals surface area contributed by atoms with Crippen LogP contribution in [-0.4, -0.2) is 15.7 Å². The van der Waals surface area contributed by atoms with Crippen molar-refractivity contribution in [1.29, 1.82) is 0 Å². The summed E-state index contributed by atoms with van der Waals surface area (Å²) in [6, 6.07) is 5.75. The van der Waals surface area contributed by atoms with Crippen LogP contribution in [0.2, 0.25) is 0 Å². The van der Waals surface area contributed by atoms with E-state index >= 15 is 0 Å². The Morgan fingerprint density at radius 2 is 1.88 bits per heavy atom. The zero-order valence-electron chi connectivity index (χ0n) is 8.33. The quantitative estimate of drug-likeness (QED) is 0.759. The van der Waals surface area contributed by atoms with Crippen molar-refractivity contribution in [2.45, 2.75) is 12.7 Å². The fraction of sp³-hybridized carbons (Fsp3) is 0.200. The molecule has 2 rings (SSSR count). The van der Waals surface area contributed by atoms with E-state index in [4.69, 9.17) is 0 Å². The van der Waals surface area contributed by atoms with Crippen LogP contribution in [0.5, 0.6) is 0 Å². The molecular weight excluding hydrogens is 301 g/mol. The van der Waals surface area contributed by atoms with E-state index in [1.54, 1.807) is 12.1 Å². The van der Waals surface area contributed by atoms with Crippen molar-refractivity contribution in [2.24, 2.45) is 0 Å². The Bertz CT molecular complexity index is 621. The van der Waals surface area contributed by atoms with Gasteiger partial charge in [-0.05, 0) is 34.1 Å². The summed E-state index contributed by atoms with van der Waals surface area (Å²) in [5.74, 6) is 0. The second-order valence-corrected chi connectivity index (χ2v) is 4.23. The predicted octanol–water partition coefficient (Wildman–Crippen LogP) is 2.72. The van der Waals surface area contributed by atoms with E-state index in [1.165, 1.54) is 6.07 Å². The molecule has 3 nitrogen and oxygen atoms in total. The highest BCUT2D eigenvalue weighted by atomic mass is 79.9. The fourth-order valence-corrected chi connectivity index (χ4v) is 1.77. The maximum Gasteiger partial charge on any atom is 0.406 e. The van der Waals surface area contributed by atoms with Crippen molar-refractivity contribution >= 4 is 27.0 Å². The summed E-state index contributed by atoms with van der Waals surface area (Å²) in [6.07, 6.45) is -4.46. The SMILES string of the molecule is O=c1ccc2ccc(Br)nc2n1CC(F)(F)F. The van der Waals surface area contributed by atoms with Gasteiger partial charge in [-0.25, -0.2) is 4.98 Å². The third-order valence-electron chi connectivity index (χ3n) is 2.14. The van der Waals surface area contributed by atoms with Crippen molar-refractivity contribution in [3.05, 3.63) is 39.2 Å². The number of nitrogens with zero attached hydrogens (tertiary/aromatic N) is 2. The number of pyridine rings is 2. The Hall–Kier alpha value is -1.37. The number of alkyl halides is 3. The molecule has 0 unspecified atom stereocenters. The Balaban J connectivity index is 2.71. The van der Waals surface area contributed by atoms with E-state index in [1.807, 2.05) is 0 Å². The largest absolute Gasteiger partial charge is 0.406 e. The molecule has 0 aliphatic heterocycles. The van der Waals surface area contributed by atoms with Crippen LogP contribution in [-0.2, 0) is 6.54 Å². The molecule has 90 valence electrons. The molecule has 7 heteroatoms. The van der Waals surface area contributed by atoms with E-state index in [0.717, 1.165) is 6.07 Å². The number of hydrogen-bond donors (Lipinski definition) is 0. The van der Waals surface area contributed by atoms with Gasteiger partial charge in [0.05, 0.1) is 0 Å². The lowest BCUT2D eigenvalue weighted by Gasteiger charge is -2.11. The standard InChI is InChI=1S/C10H6BrF3N2O/c11-7-3-1-6-2-4-8(17)16(9(6)15-7)5-10(12,13)14/h1-4H,5H2. The molecule has 0 aliphatic rings. The molecule has 0 aliphatic carbocycles. The third kappa shape index (κ3) is 2.66. The predicted molar refractivity (Wildman–Crippen MR) is 59.8 cm³/mol. The molecule has 0 saturated heterocycles. The van der Waals surface area contributed by atoms with Crippen molar-refractivity contribution in [2.75, 3.05) is 0 Å². The summed E-state index contributed by atoms with van der Waals surface area (Å²) >= 11 is 3.06. The molecule has 17 heavy (non-hydrogen) atoms. The van der Waals surface area contributed by atoms with Crippen LogP contribution in [0.4, 0.5) is 13.2 Å². The van der Waals surface area contributed by atoms with Crippen LogP contribution in [0, 0.1) is 0 Å². The maximum atomic E-state index is 12.4. The van der Waals surface area contributed by atoms with E-state index in [-0.39, 0.29) is 5.65 Å². The topological polar surface area (TPSA) is 34.9 Å². The Kier molecular flexibility index (Phi) is 2.94. The first-order valence-corrected chi connectivity index (χ1v) is 5.39. The highest BCUT2D eigenvalue weighted by Gasteiger charge is 2.29. The first kappa shape index (κ1) is 12.1. The summed E-state index contributed by atoms with van der Waals surface area (Å²) in [5.41, 5.74) is -0.704. The summed E-state index contributed by atoms with van der Waals surface area (Å²) in [7, 11) is 0. The summed E-state index contributed by atoms with van der Waals surface area (Å²) in [6.45, 7) is -1.34. The van der Waals surface area contributed by atoms with Gasteiger partial charge in [0.2, 0.25) is 0 Å². The van der Waals surface area contributed by atoms with E-state index < -0.39 is 18.3 Å². The van der Waals surface area contributed by atoms with Crippen LogP contribution in [0.3, 0.4) is 0 Å². The smallest absolute Gasteiger partial charge is 0.283 e. The van der Waals surface area contributed by atoms with Crippen LogP contribution in [0.15, 0.2) is 33.7 Å². The van der Waals surface area contributed by atoms with Gasteiger partial charge in [0, 0.05) is 11.5 Å². The van der Waals surface area contributed by atoms with E-state index in [0.29, 0.717) is 14.6 Å². The van der Waals surface area contributed by atoms with Gasteiger partial charge in [-0.2, -0.15) is 13.2 Å². The highest BCUT2D eigenvalue weighted by molar-refractivity contribution is 9.10. The lowest BCUT2D eigenvalue weighted by atomic mass is 10.3. The molecule has 0 aromatic carbocycles. The molecular formula is C10H6BrF3N2O. The molecule has 0 spiro atoms. The van der Waals surface area contributed by atoms with Gasteiger partial charge in [-0.15, -0.1) is 0 Å². The number of halogens is 4. The molecule has 2 heterocycles. The molecule has 0 radical (unpaired) electrons. The zero-order chi connectivity index (χ0) is 12.6. The number of hydrogen-bond acceptors (Lipinski definition) is 2. The molecule has 0 fully saturated rings. The van der Waals surface area contributed by atoms with Gasteiger partial charge in [0.1, 0.15) is 16.8 Å². The minimum absolute atomic E-state index is 0.0178. The Labute approximate surface area is 102 Å². The lowest BCUT2D eigenvalue weighted by molar-refractivity contribution is -0.140. The maximum absolute atomic E-state index is 12.4. The molecule has 0 N–H and O–H groups in total. The first-order chi connectivity index (χ1) is 7.87. The molecule has 0 bridgehead atoms. The highest BCUT2D eigenvalue weighted by Crippen LogP contribution is 2.20. The van der Waals surface area contributed by atoms with E-state index in [9.17, 15) is 18.0 Å². The molecule has 0 saturated carbocycles. The summed E-state index contributed by atoms with van der Waals surface area (Å²) < 4.78 is 38.0. The number of rotatable bonds is 1. The Morgan fingerprint density at radius 1 is 1.24 bits per heavy atom. The van der Waals surface area contributed by atoms with Crippen LogP contribution in [0.1, 0.15) is 0 Å². The van der Waals surface area contributed by atoms with Crippen LogP contribution >= 0.6 is 15.9 Å². The average Bonchev–Trinajstić information content (AvgIpc) is 2.21. The average molecular weight is 307 g/mol. The monoisotopic (exact) mass is 306 g/mol. The van der Waals surface area contributed by atoms with E-state index in [2.05, 4.69) is 20.9 Å². The lowest BCUT2D eigenvalue weighted by Crippen LogP contribution is -2.28. The van der Waals surface area contributed by atoms with Crippen molar-refractivity contribution in [3.8, 4) is 0 Å². The minimum Gasteiger partial charge on any atom is -0.283 e. The minimum atomic E-state index is -4.46. The van der Waals surface area contributed by atoms with Gasteiger partial charge < -0.3 is 0 Å². The van der Waals surface area contributed by atoms with Crippen molar-refractivity contribution in [1.82, 2.24) is 9.55 Å². The number of fused-ring (bicyclic) bond motifs is 1. The molecule has 0 amide bonds. The van der Waals surface area contributed by atoms with Crippen molar-refractivity contribution in [3.63, 3.8) is 0 Å². The summed E-state index contributed by atoms with van der Waals surface area (Å²) in [4.78, 5) is 15.3. The Morgan fingerprint density at radius 3 is 2.53 bits per heavy atom. The van der Waals surface area contributed by atoms with Crippen molar-refractivity contribution < 1.29 is 13.2 Å². The third-order valence-corrected chi connectivity index (χ3v) is 2.58. The zero-order valence-corrected chi connectivity index (χ0v) is 9.92. The van der Waals surface area contributed by atoms with Gasteiger partial charge in [-0.3, -0.25) is 9.36 Å². The van der Waals surface area contributed by atoms with Gasteiger partial charge in [-0.1, -0.05) is 0 Å². The second kappa shape index (κ2) is 4.14. The fourth-order valence-electron chi connectivity index (χ4n) is 1.47. The molecule has 2 aromatic heterocycles. The number of aromatic nitrogens is 2. The normalized spacial score (nSPS) is 12.0. The first-order valence-electron chi connectivity index (χ1n) is 4.60. The van der Waals surface area contributed by atoms with Gasteiger partial charge >= 0.3 is 6.18 Å². The van der Waals surface area contributed by atoms with Gasteiger partial charge in [0.15, 0.2) is 0 Å². The van der Waals surface area contributed by atoms with Crippen LogP contribution < -0.4 is 5.56 Å². The van der Waals surface area contributed by atoms with Crippen LogP contribution in [0.25, 0.3) is 11.0 Å².